The van der Waals surface area contributed by atoms with Gasteiger partial charge < -0.3 is 10.1 Å². The number of ether oxygens (including phenoxy) is 1. The van der Waals surface area contributed by atoms with Crippen molar-refractivity contribution in [1.29, 1.82) is 0 Å². The lowest BCUT2D eigenvalue weighted by atomic mass is 10.1. The monoisotopic (exact) mass is 245 g/mol. The maximum absolute atomic E-state index is 11.8. The van der Waals surface area contributed by atoms with Gasteiger partial charge in [-0.25, -0.2) is 0 Å². The number of carbonyl (C=O) groups excluding carboxylic acids is 1. The maximum Gasteiger partial charge on any atom is 0.251 e. The summed E-state index contributed by atoms with van der Waals surface area (Å²) in [6, 6.07) is 5.44. The van der Waals surface area contributed by atoms with E-state index in [2.05, 4.69) is 11.2 Å². The number of terminal acetylenes is 1. The summed E-state index contributed by atoms with van der Waals surface area (Å²) >= 11 is 0. The molecule has 0 radical (unpaired) electrons. The van der Waals surface area contributed by atoms with E-state index in [0.717, 1.165) is 30.6 Å². The third kappa shape index (κ3) is 4.14. The van der Waals surface area contributed by atoms with E-state index in [1.54, 1.807) is 19.2 Å². The number of aryl methyl sites for hydroxylation is 1. The van der Waals surface area contributed by atoms with Gasteiger partial charge in [-0.2, -0.15) is 0 Å². The third-order valence-corrected chi connectivity index (χ3v) is 2.70. The first kappa shape index (κ1) is 14.1. The van der Waals surface area contributed by atoms with Crippen LogP contribution in [0.25, 0.3) is 0 Å². The van der Waals surface area contributed by atoms with Crippen molar-refractivity contribution in [3.05, 3.63) is 29.3 Å². The van der Waals surface area contributed by atoms with Crippen LogP contribution in [0.2, 0.25) is 0 Å². The second-order valence-corrected chi connectivity index (χ2v) is 4.10. The summed E-state index contributed by atoms with van der Waals surface area (Å²) in [5.41, 5.74) is 1.64. The molecule has 0 saturated carbocycles. The fourth-order valence-corrected chi connectivity index (χ4v) is 1.62. The molecular formula is C15H19NO2. The Morgan fingerprint density at radius 2 is 2.22 bits per heavy atom. The molecule has 1 N–H and O–H groups in total. The van der Waals surface area contributed by atoms with E-state index in [4.69, 9.17) is 11.2 Å². The predicted octanol–water partition coefficient (Wildman–Crippen LogP) is 2.54. The normalized spacial score (nSPS) is 9.61. The summed E-state index contributed by atoms with van der Waals surface area (Å²) in [4.78, 5) is 11.8. The first-order valence-corrected chi connectivity index (χ1v) is 6.05. The van der Waals surface area contributed by atoms with Crippen LogP contribution >= 0.6 is 0 Å². The first-order chi connectivity index (χ1) is 8.69. The lowest BCUT2D eigenvalue weighted by molar-refractivity contribution is 0.0952. The van der Waals surface area contributed by atoms with E-state index in [9.17, 15) is 4.79 Å². The average Bonchev–Trinajstić information content (AvgIpc) is 2.38. The number of rotatable bonds is 6. The largest absolute Gasteiger partial charge is 0.496 e. The molecule has 96 valence electrons. The smallest absolute Gasteiger partial charge is 0.251 e. The molecule has 1 amide bonds. The Morgan fingerprint density at radius 1 is 1.44 bits per heavy atom. The minimum atomic E-state index is -0.0750. The van der Waals surface area contributed by atoms with Crippen molar-refractivity contribution in [2.75, 3.05) is 13.7 Å². The molecule has 0 aromatic heterocycles. The molecule has 1 aromatic carbocycles. The summed E-state index contributed by atoms with van der Waals surface area (Å²) in [5, 5.41) is 2.87. The van der Waals surface area contributed by atoms with Crippen LogP contribution < -0.4 is 10.1 Å². The second-order valence-electron chi connectivity index (χ2n) is 4.10. The van der Waals surface area contributed by atoms with Gasteiger partial charge in [-0.15, -0.1) is 12.3 Å². The standard InChI is InChI=1S/C15H19NO2/c1-4-5-6-7-10-16-15(17)13-9-8-12(2)14(11-13)18-3/h1,8-9,11H,5-7,10H2,2-3H3,(H,16,17). The van der Waals surface area contributed by atoms with Gasteiger partial charge in [-0.1, -0.05) is 6.07 Å². The molecule has 0 aliphatic carbocycles. The highest BCUT2D eigenvalue weighted by molar-refractivity contribution is 5.94. The van der Waals surface area contributed by atoms with E-state index in [1.807, 2.05) is 13.0 Å². The molecule has 18 heavy (non-hydrogen) atoms. The SMILES string of the molecule is C#CCCCCNC(=O)c1ccc(C)c(OC)c1. The number of amides is 1. The van der Waals surface area contributed by atoms with Crippen molar-refractivity contribution in [2.45, 2.75) is 26.2 Å². The number of hydrogen-bond donors (Lipinski definition) is 1. The topological polar surface area (TPSA) is 38.3 Å². The molecule has 3 nitrogen and oxygen atoms in total. The zero-order valence-corrected chi connectivity index (χ0v) is 11.0. The Balaban J connectivity index is 2.49. The molecule has 0 spiro atoms. The molecule has 0 atom stereocenters. The highest BCUT2D eigenvalue weighted by atomic mass is 16.5. The zero-order chi connectivity index (χ0) is 13.4. The number of unbranched alkanes of at least 4 members (excludes halogenated alkanes) is 2. The molecule has 3 heteroatoms. The summed E-state index contributed by atoms with van der Waals surface area (Å²) in [5.74, 6) is 3.24. The average molecular weight is 245 g/mol. The van der Waals surface area contributed by atoms with Crippen LogP contribution in [-0.4, -0.2) is 19.6 Å². The van der Waals surface area contributed by atoms with Crippen LogP contribution in [-0.2, 0) is 0 Å². The molecular weight excluding hydrogens is 226 g/mol. The van der Waals surface area contributed by atoms with E-state index in [0.29, 0.717) is 12.1 Å². The Hall–Kier alpha value is -1.95. The molecule has 0 unspecified atom stereocenters. The Bertz CT molecular complexity index is 446. The number of carbonyl (C=O) groups is 1. The minimum absolute atomic E-state index is 0.0750. The van der Waals surface area contributed by atoms with Crippen molar-refractivity contribution in [2.24, 2.45) is 0 Å². The predicted molar refractivity (Wildman–Crippen MR) is 72.7 cm³/mol. The van der Waals surface area contributed by atoms with Gasteiger partial charge in [-0.05, 0) is 37.5 Å². The van der Waals surface area contributed by atoms with Gasteiger partial charge in [0.1, 0.15) is 5.75 Å². The number of hydrogen-bond acceptors (Lipinski definition) is 2. The molecule has 0 bridgehead atoms. The van der Waals surface area contributed by atoms with E-state index < -0.39 is 0 Å². The third-order valence-electron chi connectivity index (χ3n) is 2.70. The lowest BCUT2D eigenvalue weighted by Gasteiger charge is -2.08. The Morgan fingerprint density at radius 3 is 2.89 bits per heavy atom. The van der Waals surface area contributed by atoms with Crippen LogP contribution in [0.5, 0.6) is 5.75 Å². The van der Waals surface area contributed by atoms with Crippen LogP contribution in [0.15, 0.2) is 18.2 Å². The number of benzene rings is 1. The van der Waals surface area contributed by atoms with E-state index in [-0.39, 0.29) is 5.91 Å². The van der Waals surface area contributed by atoms with Gasteiger partial charge >= 0.3 is 0 Å². The van der Waals surface area contributed by atoms with Gasteiger partial charge in [0.2, 0.25) is 0 Å². The van der Waals surface area contributed by atoms with E-state index >= 15 is 0 Å². The van der Waals surface area contributed by atoms with Crippen molar-refractivity contribution in [3.8, 4) is 18.1 Å². The molecule has 0 aliphatic heterocycles. The van der Waals surface area contributed by atoms with Crippen molar-refractivity contribution >= 4 is 5.91 Å². The highest BCUT2D eigenvalue weighted by Gasteiger charge is 2.07. The van der Waals surface area contributed by atoms with Crippen LogP contribution in [0, 0.1) is 19.3 Å². The molecule has 0 aliphatic rings. The van der Waals surface area contributed by atoms with Gasteiger partial charge in [0, 0.05) is 18.5 Å². The fraction of sp³-hybridized carbons (Fsp3) is 0.400. The van der Waals surface area contributed by atoms with Crippen molar-refractivity contribution in [1.82, 2.24) is 5.32 Å². The van der Waals surface area contributed by atoms with Crippen molar-refractivity contribution < 1.29 is 9.53 Å². The summed E-state index contributed by atoms with van der Waals surface area (Å²) in [6.45, 7) is 2.59. The van der Waals surface area contributed by atoms with Crippen LogP contribution in [0.3, 0.4) is 0 Å². The van der Waals surface area contributed by atoms with Gasteiger partial charge in [0.15, 0.2) is 0 Å². The summed E-state index contributed by atoms with van der Waals surface area (Å²) < 4.78 is 5.19. The quantitative estimate of drug-likeness (QED) is 0.618. The molecule has 1 rings (SSSR count). The first-order valence-electron chi connectivity index (χ1n) is 6.05. The molecule has 1 aromatic rings. The minimum Gasteiger partial charge on any atom is -0.496 e. The zero-order valence-electron chi connectivity index (χ0n) is 11.0. The maximum atomic E-state index is 11.8. The number of methoxy groups -OCH3 is 1. The van der Waals surface area contributed by atoms with Crippen molar-refractivity contribution in [3.63, 3.8) is 0 Å². The Kier molecular flexibility index (Phi) is 5.79. The fourth-order valence-electron chi connectivity index (χ4n) is 1.62. The van der Waals surface area contributed by atoms with Crippen LogP contribution in [0.4, 0.5) is 0 Å². The summed E-state index contributed by atoms with van der Waals surface area (Å²) in [7, 11) is 1.60. The summed E-state index contributed by atoms with van der Waals surface area (Å²) in [6.07, 6.45) is 7.75. The van der Waals surface area contributed by atoms with Crippen LogP contribution in [0.1, 0.15) is 35.2 Å². The Labute approximate surface area is 109 Å². The number of nitrogens with one attached hydrogen (secondary N) is 1. The highest BCUT2D eigenvalue weighted by Crippen LogP contribution is 2.18. The molecule has 0 saturated heterocycles. The van der Waals surface area contributed by atoms with Gasteiger partial charge in [0.25, 0.3) is 5.91 Å². The van der Waals surface area contributed by atoms with Gasteiger partial charge in [-0.3, -0.25) is 4.79 Å². The second kappa shape index (κ2) is 7.39. The molecule has 0 fully saturated rings. The molecule has 0 heterocycles. The van der Waals surface area contributed by atoms with E-state index in [1.165, 1.54) is 0 Å². The lowest BCUT2D eigenvalue weighted by Crippen LogP contribution is -2.24. The van der Waals surface area contributed by atoms with Gasteiger partial charge in [0.05, 0.1) is 7.11 Å².